The van der Waals surface area contributed by atoms with Crippen LogP contribution < -0.4 is 0 Å². The second-order valence-electron chi connectivity index (χ2n) is 5.82. The van der Waals surface area contributed by atoms with Gasteiger partial charge in [-0.2, -0.15) is 5.10 Å². The number of likely N-dealkylation sites (tertiary alicyclic amines) is 1. The minimum Gasteiger partial charge on any atom is -0.390 e. The van der Waals surface area contributed by atoms with Crippen LogP contribution in [-0.2, 0) is 6.54 Å². The van der Waals surface area contributed by atoms with Gasteiger partial charge in [-0.1, -0.05) is 6.92 Å². The first-order valence-corrected chi connectivity index (χ1v) is 6.99. The molecule has 0 aromatic carbocycles. The third-order valence-electron chi connectivity index (χ3n) is 4.02. The Morgan fingerprint density at radius 1 is 1.44 bits per heavy atom. The van der Waals surface area contributed by atoms with E-state index in [9.17, 15) is 5.11 Å². The lowest BCUT2D eigenvalue weighted by atomic mass is 9.94. The highest BCUT2D eigenvalue weighted by Gasteiger charge is 2.27. The Labute approximate surface area is 110 Å². The number of hydrogen-bond donors (Lipinski definition) is 1. The molecule has 102 valence electrons. The van der Waals surface area contributed by atoms with Gasteiger partial charge in [-0.3, -0.25) is 9.58 Å². The van der Waals surface area contributed by atoms with Gasteiger partial charge in [-0.15, -0.1) is 0 Å². The van der Waals surface area contributed by atoms with Crippen LogP contribution in [0, 0.1) is 0 Å². The standard InChI is InChI=1S/C14H25N3O/c1-4-12(2)17-8-5-13(15-17)11-16-9-6-14(3,18)7-10-16/h5,8,12,18H,4,6-7,9-11H2,1-3H3. The predicted octanol–water partition coefficient (Wildman–Crippen LogP) is 2.20. The molecule has 1 aromatic rings. The van der Waals surface area contributed by atoms with Crippen molar-refractivity contribution in [2.75, 3.05) is 13.1 Å². The van der Waals surface area contributed by atoms with Crippen LogP contribution in [0.25, 0.3) is 0 Å². The fourth-order valence-corrected chi connectivity index (χ4v) is 2.32. The molecule has 0 spiro atoms. The smallest absolute Gasteiger partial charge is 0.0764 e. The van der Waals surface area contributed by atoms with Gasteiger partial charge in [-0.25, -0.2) is 0 Å². The molecule has 1 unspecified atom stereocenters. The fourth-order valence-electron chi connectivity index (χ4n) is 2.32. The van der Waals surface area contributed by atoms with E-state index in [0.717, 1.165) is 44.6 Å². The van der Waals surface area contributed by atoms with Crippen molar-refractivity contribution in [3.63, 3.8) is 0 Å². The molecule has 0 radical (unpaired) electrons. The first-order valence-electron chi connectivity index (χ1n) is 6.99. The second kappa shape index (κ2) is 5.41. The van der Waals surface area contributed by atoms with E-state index in [1.807, 2.05) is 6.92 Å². The average molecular weight is 251 g/mol. The SMILES string of the molecule is CCC(C)n1ccc(CN2CCC(C)(O)CC2)n1. The predicted molar refractivity (Wildman–Crippen MR) is 72.4 cm³/mol. The van der Waals surface area contributed by atoms with E-state index in [1.165, 1.54) is 0 Å². The molecule has 1 saturated heterocycles. The van der Waals surface area contributed by atoms with Gasteiger partial charge in [-0.05, 0) is 39.2 Å². The number of aromatic nitrogens is 2. The van der Waals surface area contributed by atoms with Gasteiger partial charge in [0.25, 0.3) is 0 Å². The van der Waals surface area contributed by atoms with Crippen molar-refractivity contribution in [3.8, 4) is 0 Å². The summed E-state index contributed by atoms with van der Waals surface area (Å²) in [6.45, 7) is 9.13. The van der Waals surface area contributed by atoms with E-state index in [2.05, 4.69) is 40.8 Å². The maximum atomic E-state index is 9.92. The van der Waals surface area contributed by atoms with Crippen molar-refractivity contribution >= 4 is 0 Å². The number of rotatable bonds is 4. The molecule has 2 heterocycles. The zero-order valence-electron chi connectivity index (χ0n) is 11.8. The zero-order chi connectivity index (χ0) is 13.2. The van der Waals surface area contributed by atoms with Gasteiger partial charge < -0.3 is 5.11 Å². The molecule has 1 aliphatic rings. The molecule has 2 rings (SSSR count). The van der Waals surface area contributed by atoms with E-state index < -0.39 is 5.60 Å². The summed E-state index contributed by atoms with van der Waals surface area (Å²) in [5.74, 6) is 0. The van der Waals surface area contributed by atoms with E-state index in [-0.39, 0.29) is 0 Å². The van der Waals surface area contributed by atoms with Gasteiger partial charge in [0.1, 0.15) is 0 Å². The first kappa shape index (κ1) is 13.6. The van der Waals surface area contributed by atoms with Crippen LogP contribution in [0.15, 0.2) is 12.3 Å². The summed E-state index contributed by atoms with van der Waals surface area (Å²) in [6, 6.07) is 2.58. The fraction of sp³-hybridized carbons (Fsp3) is 0.786. The number of hydrogen-bond acceptors (Lipinski definition) is 3. The summed E-state index contributed by atoms with van der Waals surface area (Å²) < 4.78 is 2.05. The maximum absolute atomic E-state index is 9.92. The molecule has 0 bridgehead atoms. The monoisotopic (exact) mass is 251 g/mol. The highest BCUT2D eigenvalue weighted by atomic mass is 16.3. The number of aliphatic hydroxyl groups is 1. The molecule has 1 fully saturated rings. The van der Waals surface area contributed by atoms with Crippen LogP contribution in [0.3, 0.4) is 0 Å². The number of nitrogens with zero attached hydrogens (tertiary/aromatic N) is 3. The molecule has 0 saturated carbocycles. The summed E-state index contributed by atoms with van der Waals surface area (Å²) in [4.78, 5) is 2.38. The largest absolute Gasteiger partial charge is 0.390 e. The lowest BCUT2D eigenvalue weighted by Gasteiger charge is -2.35. The van der Waals surface area contributed by atoms with Crippen LogP contribution in [0.1, 0.15) is 51.8 Å². The van der Waals surface area contributed by atoms with Crippen LogP contribution in [0.2, 0.25) is 0 Å². The van der Waals surface area contributed by atoms with Crippen LogP contribution >= 0.6 is 0 Å². The Balaban J connectivity index is 1.89. The lowest BCUT2D eigenvalue weighted by Crippen LogP contribution is -2.42. The van der Waals surface area contributed by atoms with Crippen LogP contribution in [0.5, 0.6) is 0 Å². The molecular formula is C14H25N3O. The lowest BCUT2D eigenvalue weighted by molar-refractivity contribution is -0.00762. The molecule has 4 nitrogen and oxygen atoms in total. The zero-order valence-corrected chi connectivity index (χ0v) is 11.8. The van der Waals surface area contributed by atoms with Crippen molar-refractivity contribution in [3.05, 3.63) is 18.0 Å². The highest BCUT2D eigenvalue weighted by molar-refractivity contribution is 5.00. The molecule has 0 aliphatic carbocycles. The summed E-state index contributed by atoms with van der Waals surface area (Å²) in [5.41, 5.74) is 0.670. The maximum Gasteiger partial charge on any atom is 0.0764 e. The molecule has 18 heavy (non-hydrogen) atoms. The topological polar surface area (TPSA) is 41.3 Å². The third kappa shape index (κ3) is 3.33. The minimum absolute atomic E-state index is 0.466. The molecule has 1 atom stereocenters. The Morgan fingerprint density at radius 3 is 2.72 bits per heavy atom. The van der Waals surface area contributed by atoms with Gasteiger partial charge in [0.05, 0.1) is 11.3 Å². The quantitative estimate of drug-likeness (QED) is 0.892. The van der Waals surface area contributed by atoms with Crippen molar-refractivity contribution in [1.82, 2.24) is 14.7 Å². The second-order valence-corrected chi connectivity index (χ2v) is 5.82. The van der Waals surface area contributed by atoms with Gasteiger partial charge in [0.2, 0.25) is 0 Å². The van der Waals surface area contributed by atoms with E-state index in [4.69, 9.17) is 0 Å². The van der Waals surface area contributed by atoms with Gasteiger partial charge >= 0.3 is 0 Å². The summed E-state index contributed by atoms with van der Waals surface area (Å²) in [7, 11) is 0. The van der Waals surface area contributed by atoms with E-state index >= 15 is 0 Å². The summed E-state index contributed by atoms with van der Waals surface area (Å²) in [6.07, 6.45) is 4.90. The van der Waals surface area contributed by atoms with Crippen LogP contribution in [0.4, 0.5) is 0 Å². The van der Waals surface area contributed by atoms with Crippen molar-refractivity contribution < 1.29 is 5.11 Å². The molecule has 4 heteroatoms. The molecule has 1 aliphatic heterocycles. The normalized spacial score (nSPS) is 22.0. The Bertz CT molecular complexity index is 376. The highest BCUT2D eigenvalue weighted by Crippen LogP contribution is 2.22. The molecule has 0 amide bonds. The molecule has 1 N–H and O–H groups in total. The average Bonchev–Trinajstić information content (AvgIpc) is 2.79. The summed E-state index contributed by atoms with van der Waals surface area (Å²) >= 11 is 0. The number of piperidine rings is 1. The Hall–Kier alpha value is -0.870. The van der Waals surface area contributed by atoms with Crippen LogP contribution in [-0.4, -0.2) is 38.5 Å². The first-order chi connectivity index (χ1) is 8.50. The third-order valence-corrected chi connectivity index (χ3v) is 4.02. The van der Waals surface area contributed by atoms with E-state index in [0.29, 0.717) is 6.04 Å². The van der Waals surface area contributed by atoms with Gasteiger partial charge in [0, 0.05) is 31.9 Å². The van der Waals surface area contributed by atoms with Crippen molar-refractivity contribution in [2.45, 2.75) is 58.2 Å². The van der Waals surface area contributed by atoms with Gasteiger partial charge in [0.15, 0.2) is 0 Å². The Morgan fingerprint density at radius 2 is 2.11 bits per heavy atom. The minimum atomic E-state index is -0.466. The van der Waals surface area contributed by atoms with Crippen molar-refractivity contribution in [2.24, 2.45) is 0 Å². The molecular weight excluding hydrogens is 226 g/mol. The van der Waals surface area contributed by atoms with E-state index in [1.54, 1.807) is 0 Å². The molecule has 1 aromatic heterocycles. The van der Waals surface area contributed by atoms with Crippen molar-refractivity contribution in [1.29, 1.82) is 0 Å². The Kier molecular flexibility index (Phi) is 4.07. The summed E-state index contributed by atoms with van der Waals surface area (Å²) in [5, 5.41) is 14.5.